The number of carbonyl (C=O) groups is 1. The number of carboxylic acids is 1. The van der Waals surface area contributed by atoms with Crippen molar-refractivity contribution in [1.29, 1.82) is 0 Å². The SMILES string of the molecule is CC(C)(C)CS(=O)(=O)N1CCOc2c(C(=O)O)cccc21. The van der Waals surface area contributed by atoms with Crippen LogP contribution < -0.4 is 9.04 Å². The summed E-state index contributed by atoms with van der Waals surface area (Å²) < 4.78 is 31.8. The van der Waals surface area contributed by atoms with Crippen molar-refractivity contribution in [1.82, 2.24) is 0 Å². The van der Waals surface area contributed by atoms with Crippen molar-refractivity contribution in [2.45, 2.75) is 20.8 Å². The maximum absolute atomic E-state index is 12.6. The van der Waals surface area contributed by atoms with Crippen LogP contribution in [-0.4, -0.2) is 38.4 Å². The molecule has 21 heavy (non-hydrogen) atoms. The van der Waals surface area contributed by atoms with Crippen LogP contribution in [-0.2, 0) is 10.0 Å². The van der Waals surface area contributed by atoms with Crippen LogP contribution in [0.1, 0.15) is 31.1 Å². The van der Waals surface area contributed by atoms with Crippen LogP contribution in [0, 0.1) is 5.41 Å². The number of sulfonamides is 1. The van der Waals surface area contributed by atoms with E-state index in [9.17, 15) is 13.2 Å². The Labute approximate surface area is 124 Å². The monoisotopic (exact) mass is 313 g/mol. The topological polar surface area (TPSA) is 83.9 Å². The lowest BCUT2D eigenvalue weighted by molar-refractivity contribution is 0.0692. The molecule has 2 rings (SSSR count). The highest BCUT2D eigenvalue weighted by atomic mass is 32.2. The molecule has 0 amide bonds. The average Bonchev–Trinajstić information content (AvgIpc) is 2.34. The number of aromatic carboxylic acids is 1. The van der Waals surface area contributed by atoms with E-state index in [1.165, 1.54) is 16.4 Å². The van der Waals surface area contributed by atoms with Crippen molar-refractivity contribution >= 4 is 21.7 Å². The molecule has 1 aliphatic heterocycles. The zero-order valence-corrected chi connectivity index (χ0v) is 13.1. The molecule has 0 atom stereocenters. The van der Waals surface area contributed by atoms with Crippen LogP contribution in [0.3, 0.4) is 0 Å². The molecule has 7 heteroatoms. The third-order valence-electron chi connectivity index (χ3n) is 2.99. The maximum atomic E-state index is 12.6. The zero-order valence-electron chi connectivity index (χ0n) is 12.3. The molecule has 116 valence electrons. The Morgan fingerprint density at radius 2 is 2.05 bits per heavy atom. The second-order valence-electron chi connectivity index (χ2n) is 6.20. The van der Waals surface area contributed by atoms with Crippen molar-refractivity contribution in [2.75, 3.05) is 23.2 Å². The number of nitrogens with zero attached hydrogens (tertiary/aromatic N) is 1. The summed E-state index contributed by atoms with van der Waals surface area (Å²) in [6.45, 7) is 5.87. The highest BCUT2D eigenvalue weighted by Crippen LogP contribution is 2.37. The third kappa shape index (κ3) is 3.29. The number of hydrogen-bond acceptors (Lipinski definition) is 4. The van der Waals surface area contributed by atoms with E-state index in [2.05, 4.69) is 0 Å². The summed E-state index contributed by atoms with van der Waals surface area (Å²) in [5.74, 6) is -1.04. The Balaban J connectivity index is 2.48. The molecule has 0 saturated carbocycles. The van der Waals surface area contributed by atoms with Gasteiger partial charge in [-0.05, 0) is 17.5 Å². The van der Waals surface area contributed by atoms with Crippen LogP contribution in [0.4, 0.5) is 5.69 Å². The van der Waals surface area contributed by atoms with Gasteiger partial charge in [0, 0.05) is 0 Å². The van der Waals surface area contributed by atoms with E-state index in [-0.39, 0.29) is 35.6 Å². The van der Waals surface area contributed by atoms with Crippen LogP contribution in [0.2, 0.25) is 0 Å². The first-order valence-electron chi connectivity index (χ1n) is 6.61. The molecule has 0 spiro atoms. The second-order valence-corrected chi connectivity index (χ2v) is 8.09. The van der Waals surface area contributed by atoms with Crippen molar-refractivity contribution in [3.63, 3.8) is 0 Å². The van der Waals surface area contributed by atoms with E-state index >= 15 is 0 Å². The molecule has 1 heterocycles. The third-order valence-corrected chi connectivity index (χ3v) is 5.27. The Bertz CT molecular complexity index is 660. The van der Waals surface area contributed by atoms with Gasteiger partial charge in [0.2, 0.25) is 10.0 Å². The minimum absolute atomic E-state index is 0.0171. The summed E-state index contributed by atoms with van der Waals surface area (Å²) in [4.78, 5) is 11.2. The van der Waals surface area contributed by atoms with Gasteiger partial charge < -0.3 is 9.84 Å². The molecule has 0 saturated heterocycles. The molecule has 0 unspecified atom stereocenters. The first kappa shape index (κ1) is 15.6. The molecule has 0 radical (unpaired) electrons. The number of benzene rings is 1. The summed E-state index contributed by atoms with van der Waals surface area (Å²) in [5.41, 5.74) is -0.115. The van der Waals surface area contributed by atoms with Gasteiger partial charge in [0.15, 0.2) is 5.75 Å². The van der Waals surface area contributed by atoms with Crippen molar-refractivity contribution in [3.05, 3.63) is 23.8 Å². The quantitative estimate of drug-likeness (QED) is 0.922. The van der Waals surface area contributed by atoms with Gasteiger partial charge in [0.1, 0.15) is 12.2 Å². The second kappa shape index (κ2) is 5.22. The summed E-state index contributed by atoms with van der Waals surface area (Å²) >= 11 is 0. The predicted molar refractivity (Wildman–Crippen MR) is 79.5 cm³/mol. The molecule has 1 aromatic carbocycles. The minimum atomic E-state index is -3.54. The van der Waals surface area contributed by atoms with Crippen LogP contribution in [0.25, 0.3) is 0 Å². The molecule has 0 fully saturated rings. The predicted octanol–water partition coefficient (Wildman–Crippen LogP) is 1.96. The smallest absolute Gasteiger partial charge is 0.339 e. The summed E-state index contributed by atoms with van der Waals surface area (Å²) in [5, 5.41) is 9.17. The van der Waals surface area contributed by atoms with Gasteiger partial charge in [0.25, 0.3) is 0 Å². The number of carboxylic acid groups (broad SMARTS) is 1. The molecule has 1 aliphatic rings. The number of rotatable bonds is 3. The molecule has 0 aromatic heterocycles. The fraction of sp³-hybridized carbons (Fsp3) is 0.500. The maximum Gasteiger partial charge on any atom is 0.339 e. The largest absolute Gasteiger partial charge is 0.489 e. The first-order valence-corrected chi connectivity index (χ1v) is 8.22. The molecular weight excluding hydrogens is 294 g/mol. The van der Waals surface area contributed by atoms with Gasteiger partial charge in [-0.25, -0.2) is 13.2 Å². The van der Waals surface area contributed by atoms with E-state index in [4.69, 9.17) is 9.84 Å². The van der Waals surface area contributed by atoms with E-state index in [1.807, 2.05) is 20.8 Å². The molecular formula is C14H19NO5S. The van der Waals surface area contributed by atoms with E-state index in [1.54, 1.807) is 6.07 Å². The van der Waals surface area contributed by atoms with Gasteiger partial charge in [-0.3, -0.25) is 4.31 Å². The molecule has 1 N–H and O–H groups in total. The number of hydrogen-bond donors (Lipinski definition) is 1. The Hall–Kier alpha value is -1.76. The van der Waals surface area contributed by atoms with E-state index in [0.29, 0.717) is 5.69 Å². The normalized spacial score (nSPS) is 15.3. The molecule has 0 bridgehead atoms. The van der Waals surface area contributed by atoms with Crippen LogP contribution in [0.15, 0.2) is 18.2 Å². The molecule has 1 aromatic rings. The Kier molecular flexibility index (Phi) is 3.88. The minimum Gasteiger partial charge on any atom is -0.489 e. The fourth-order valence-corrected chi connectivity index (χ4v) is 4.35. The number of fused-ring (bicyclic) bond motifs is 1. The summed E-state index contributed by atoms with van der Waals surface area (Å²) in [6, 6.07) is 4.50. The van der Waals surface area contributed by atoms with Crippen molar-refractivity contribution < 1.29 is 23.1 Å². The summed E-state index contributed by atoms with van der Waals surface area (Å²) in [7, 11) is -3.54. The lowest BCUT2D eigenvalue weighted by atomic mass is 10.0. The summed E-state index contributed by atoms with van der Waals surface area (Å²) in [6.07, 6.45) is 0. The Morgan fingerprint density at radius 3 is 2.62 bits per heavy atom. The first-order chi connectivity index (χ1) is 9.62. The zero-order chi connectivity index (χ0) is 15.8. The highest BCUT2D eigenvalue weighted by molar-refractivity contribution is 7.92. The molecule has 6 nitrogen and oxygen atoms in total. The highest BCUT2D eigenvalue weighted by Gasteiger charge is 2.33. The van der Waals surface area contributed by atoms with Gasteiger partial charge in [0.05, 0.1) is 18.0 Å². The van der Waals surface area contributed by atoms with Gasteiger partial charge in [-0.1, -0.05) is 26.8 Å². The van der Waals surface area contributed by atoms with Gasteiger partial charge in [-0.15, -0.1) is 0 Å². The number of para-hydroxylation sites is 1. The van der Waals surface area contributed by atoms with E-state index in [0.717, 1.165) is 0 Å². The Morgan fingerprint density at radius 1 is 1.38 bits per heavy atom. The lowest BCUT2D eigenvalue weighted by Crippen LogP contribution is -2.42. The van der Waals surface area contributed by atoms with Crippen molar-refractivity contribution in [3.8, 4) is 5.75 Å². The van der Waals surface area contributed by atoms with Crippen molar-refractivity contribution in [2.24, 2.45) is 5.41 Å². The van der Waals surface area contributed by atoms with Crippen LogP contribution in [0.5, 0.6) is 5.75 Å². The van der Waals surface area contributed by atoms with E-state index < -0.39 is 16.0 Å². The molecule has 0 aliphatic carbocycles. The van der Waals surface area contributed by atoms with Crippen LogP contribution >= 0.6 is 0 Å². The average molecular weight is 313 g/mol. The lowest BCUT2D eigenvalue weighted by Gasteiger charge is -2.33. The number of anilines is 1. The van der Waals surface area contributed by atoms with Gasteiger partial charge >= 0.3 is 5.97 Å². The standard InChI is InChI=1S/C14H19NO5S/c1-14(2,3)9-21(18,19)15-7-8-20-12-10(13(16)17)5-4-6-11(12)15/h4-6H,7-9H2,1-3H3,(H,16,17). The van der Waals surface area contributed by atoms with Gasteiger partial charge in [-0.2, -0.15) is 0 Å². The fourth-order valence-electron chi connectivity index (χ4n) is 2.31. The number of ether oxygens (including phenoxy) is 1.